The molecule has 0 unspecified atom stereocenters. The second kappa shape index (κ2) is 11.3. The lowest BCUT2D eigenvalue weighted by Crippen LogP contribution is -2.46. The number of fused-ring (bicyclic) bond motifs is 1. The number of halogens is 1. The van der Waals surface area contributed by atoms with Gasteiger partial charge >= 0.3 is 0 Å². The highest BCUT2D eigenvalue weighted by atomic mass is 19.1. The third kappa shape index (κ3) is 5.01. The molecule has 34 heavy (non-hydrogen) atoms. The van der Waals surface area contributed by atoms with Crippen molar-refractivity contribution in [2.24, 2.45) is 0 Å². The monoisotopic (exact) mass is 471 g/mol. The Bertz CT molecular complexity index is 1030. The molecule has 0 radical (unpaired) electrons. The molecule has 3 rings (SSSR count). The molecule has 184 valence electrons. The molecule has 1 aliphatic rings. The first kappa shape index (κ1) is 25.5. The number of rotatable bonds is 10. The second-order valence-electron chi connectivity index (χ2n) is 8.33. The average Bonchev–Trinajstić information content (AvgIpc) is 2.85. The van der Waals surface area contributed by atoms with Gasteiger partial charge in [-0.3, -0.25) is 9.59 Å². The van der Waals surface area contributed by atoms with Crippen LogP contribution in [0.4, 0.5) is 4.39 Å². The molecule has 2 amide bonds. The molecule has 0 saturated heterocycles. The van der Waals surface area contributed by atoms with Gasteiger partial charge in [0.1, 0.15) is 5.82 Å². The Labute approximate surface area is 200 Å². The highest BCUT2D eigenvalue weighted by Gasteiger charge is 2.44. The van der Waals surface area contributed by atoms with E-state index in [-0.39, 0.29) is 11.8 Å². The molecule has 2 aromatic rings. The molecule has 0 saturated carbocycles. The van der Waals surface area contributed by atoms with E-state index in [9.17, 15) is 14.0 Å². The minimum absolute atomic E-state index is 0.263. The van der Waals surface area contributed by atoms with E-state index in [4.69, 9.17) is 9.47 Å². The fraction of sp³-hybridized carbons (Fsp3) is 0.462. The van der Waals surface area contributed by atoms with Crippen LogP contribution in [0, 0.1) is 5.82 Å². The van der Waals surface area contributed by atoms with Gasteiger partial charge in [0.05, 0.1) is 26.2 Å². The summed E-state index contributed by atoms with van der Waals surface area (Å²) in [5, 5.41) is 3.02. The minimum atomic E-state index is -0.817. The topological polar surface area (TPSA) is 71.1 Å². The second-order valence-corrected chi connectivity index (χ2v) is 8.33. The lowest BCUT2D eigenvalue weighted by atomic mass is 9.79. The van der Waals surface area contributed by atoms with Crippen molar-refractivity contribution in [3.05, 3.63) is 58.9 Å². The fourth-order valence-corrected chi connectivity index (χ4v) is 4.60. The maximum absolute atomic E-state index is 14.9. The van der Waals surface area contributed by atoms with Crippen LogP contribution in [0.15, 0.2) is 36.4 Å². The molecular weight excluding hydrogens is 437 g/mol. The van der Waals surface area contributed by atoms with Crippen LogP contribution in [-0.2, 0) is 4.79 Å². The van der Waals surface area contributed by atoms with Gasteiger partial charge in [0.2, 0.25) is 5.91 Å². The Morgan fingerprint density at radius 1 is 1.09 bits per heavy atom. The van der Waals surface area contributed by atoms with E-state index < -0.39 is 17.8 Å². The van der Waals surface area contributed by atoms with Crippen LogP contribution < -0.4 is 14.8 Å². The Kier molecular flexibility index (Phi) is 8.50. The number of hydrogen-bond acceptors (Lipinski definition) is 5. The lowest BCUT2D eigenvalue weighted by Gasteiger charge is -2.40. The Morgan fingerprint density at radius 2 is 1.74 bits per heavy atom. The van der Waals surface area contributed by atoms with Crippen LogP contribution in [0.5, 0.6) is 11.5 Å². The highest BCUT2D eigenvalue weighted by Crippen LogP contribution is 2.46. The van der Waals surface area contributed by atoms with Crippen molar-refractivity contribution in [1.29, 1.82) is 0 Å². The van der Waals surface area contributed by atoms with Crippen LogP contribution >= 0.6 is 0 Å². The van der Waals surface area contributed by atoms with E-state index in [1.807, 2.05) is 0 Å². The normalized spacial score (nSPS) is 17.5. The quantitative estimate of drug-likeness (QED) is 0.536. The molecule has 2 atom stereocenters. The molecule has 0 aliphatic carbocycles. The zero-order valence-electron chi connectivity index (χ0n) is 20.6. The molecule has 0 fully saturated rings. The molecule has 1 aliphatic heterocycles. The molecule has 0 spiro atoms. The van der Waals surface area contributed by atoms with Crippen molar-refractivity contribution in [1.82, 2.24) is 15.1 Å². The van der Waals surface area contributed by atoms with Crippen molar-refractivity contribution in [2.45, 2.75) is 32.2 Å². The third-order valence-electron chi connectivity index (χ3n) is 6.53. The van der Waals surface area contributed by atoms with Crippen molar-refractivity contribution >= 4 is 11.8 Å². The number of ether oxygens (including phenoxy) is 2. The SMILES string of the molecule is CCN(CC)CCCNC(=O)[C@@H]1c2cc(OC)c(OC)cc2C(=O)N(C)[C@H]1c1ccccc1F. The molecule has 7 nitrogen and oxygen atoms in total. The number of amides is 2. The maximum atomic E-state index is 14.9. The molecule has 8 heteroatoms. The van der Waals surface area contributed by atoms with Crippen molar-refractivity contribution in [3.63, 3.8) is 0 Å². The summed E-state index contributed by atoms with van der Waals surface area (Å²) in [6.07, 6.45) is 0.790. The van der Waals surface area contributed by atoms with Crippen LogP contribution in [-0.4, -0.2) is 69.1 Å². The van der Waals surface area contributed by atoms with Gasteiger partial charge in [0.15, 0.2) is 11.5 Å². The predicted molar refractivity (Wildman–Crippen MR) is 129 cm³/mol. The van der Waals surface area contributed by atoms with E-state index >= 15 is 0 Å². The molecule has 0 aromatic heterocycles. The molecule has 0 bridgehead atoms. The maximum Gasteiger partial charge on any atom is 0.254 e. The summed E-state index contributed by atoms with van der Waals surface area (Å²) in [7, 11) is 4.58. The number of carbonyl (C=O) groups is 2. The number of nitrogens with zero attached hydrogens (tertiary/aromatic N) is 2. The highest BCUT2D eigenvalue weighted by molar-refractivity contribution is 6.02. The van der Waals surface area contributed by atoms with Crippen LogP contribution in [0.1, 0.15) is 53.7 Å². The summed E-state index contributed by atoms with van der Waals surface area (Å²) < 4.78 is 25.7. The zero-order chi connectivity index (χ0) is 24.8. The van der Waals surface area contributed by atoms with Crippen LogP contribution in [0.25, 0.3) is 0 Å². The number of methoxy groups -OCH3 is 2. The number of likely N-dealkylation sites (N-methyl/N-ethyl adjacent to an activating group) is 1. The van der Waals surface area contributed by atoms with Crippen LogP contribution in [0.3, 0.4) is 0 Å². The van der Waals surface area contributed by atoms with Gasteiger partial charge in [0.25, 0.3) is 5.91 Å². The number of nitrogens with one attached hydrogen (secondary N) is 1. The molecule has 1 heterocycles. The summed E-state index contributed by atoms with van der Waals surface area (Å²) in [5.74, 6) is -1.05. The van der Waals surface area contributed by atoms with Crippen LogP contribution in [0.2, 0.25) is 0 Å². The van der Waals surface area contributed by atoms with Crippen molar-refractivity contribution < 1.29 is 23.5 Å². The standard InChI is InChI=1S/C26H34FN3O4/c1-6-30(7-2)14-10-13-28-25(31)23-18-15-21(33-4)22(34-5)16-19(18)26(32)29(3)24(23)17-11-8-9-12-20(17)27/h8-9,11-12,15-16,23-24H,6-7,10,13-14H2,1-5H3,(H,28,31)/t23-,24+/m1/s1. The summed E-state index contributed by atoms with van der Waals surface area (Å²) >= 11 is 0. The van der Waals surface area contributed by atoms with Gasteiger partial charge in [-0.25, -0.2) is 4.39 Å². The first-order valence-corrected chi connectivity index (χ1v) is 11.6. The predicted octanol–water partition coefficient (Wildman–Crippen LogP) is 3.60. The van der Waals surface area contributed by atoms with Gasteiger partial charge in [-0.1, -0.05) is 32.0 Å². The van der Waals surface area contributed by atoms with E-state index in [0.717, 1.165) is 26.1 Å². The zero-order valence-corrected chi connectivity index (χ0v) is 20.6. The Hall–Kier alpha value is -3.13. The van der Waals surface area contributed by atoms with E-state index in [0.29, 0.717) is 34.7 Å². The van der Waals surface area contributed by atoms with E-state index in [1.165, 1.54) is 25.2 Å². The first-order valence-electron chi connectivity index (χ1n) is 11.6. The average molecular weight is 472 g/mol. The molecule has 1 N–H and O–H groups in total. The van der Waals surface area contributed by atoms with Gasteiger partial charge < -0.3 is 24.6 Å². The fourth-order valence-electron chi connectivity index (χ4n) is 4.60. The number of benzene rings is 2. The van der Waals surface area contributed by atoms with Gasteiger partial charge in [-0.15, -0.1) is 0 Å². The van der Waals surface area contributed by atoms with E-state index in [2.05, 4.69) is 24.1 Å². The summed E-state index contributed by atoms with van der Waals surface area (Å²) in [6.45, 7) is 7.46. The van der Waals surface area contributed by atoms with Gasteiger partial charge in [-0.2, -0.15) is 0 Å². The van der Waals surface area contributed by atoms with Crippen molar-refractivity contribution in [3.8, 4) is 11.5 Å². The largest absolute Gasteiger partial charge is 0.493 e. The summed E-state index contributed by atoms with van der Waals surface area (Å²) in [5.41, 5.74) is 1.13. The van der Waals surface area contributed by atoms with Crippen molar-refractivity contribution in [2.75, 3.05) is 47.4 Å². The minimum Gasteiger partial charge on any atom is -0.493 e. The van der Waals surface area contributed by atoms with Gasteiger partial charge in [0, 0.05) is 24.7 Å². The Balaban J connectivity index is 2.02. The smallest absolute Gasteiger partial charge is 0.254 e. The number of carbonyl (C=O) groups excluding carboxylic acids is 2. The first-order chi connectivity index (χ1) is 16.4. The van der Waals surface area contributed by atoms with Gasteiger partial charge in [-0.05, 0) is 49.8 Å². The summed E-state index contributed by atoms with van der Waals surface area (Å²) in [4.78, 5) is 30.6. The molecular formula is C26H34FN3O4. The van der Waals surface area contributed by atoms with E-state index in [1.54, 1.807) is 37.4 Å². The third-order valence-corrected chi connectivity index (χ3v) is 6.53. The molecule has 2 aromatic carbocycles. The lowest BCUT2D eigenvalue weighted by molar-refractivity contribution is -0.124. The Morgan fingerprint density at radius 3 is 2.35 bits per heavy atom. The summed E-state index contributed by atoms with van der Waals surface area (Å²) in [6, 6.07) is 8.71. The number of hydrogen-bond donors (Lipinski definition) is 1.